The van der Waals surface area contributed by atoms with Crippen molar-refractivity contribution in [1.29, 1.82) is 0 Å². The first-order valence-electron chi connectivity index (χ1n) is 7.44. The molecule has 0 saturated heterocycles. The van der Waals surface area contributed by atoms with Crippen molar-refractivity contribution in [1.82, 2.24) is 10.2 Å². The van der Waals surface area contributed by atoms with Crippen molar-refractivity contribution in [3.63, 3.8) is 0 Å². The maximum absolute atomic E-state index is 13.1. The fourth-order valence-corrected chi connectivity index (χ4v) is 1.91. The molecule has 2 rings (SSSR count). The van der Waals surface area contributed by atoms with Gasteiger partial charge in [0, 0.05) is 18.3 Å². The summed E-state index contributed by atoms with van der Waals surface area (Å²) in [5.41, 5.74) is 0.242. The van der Waals surface area contributed by atoms with E-state index in [4.69, 9.17) is 0 Å². The predicted molar refractivity (Wildman–Crippen MR) is 84.4 cm³/mol. The Labute approximate surface area is 133 Å². The fourth-order valence-electron chi connectivity index (χ4n) is 1.91. The van der Waals surface area contributed by atoms with Crippen LogP contribution in [0.2, 0.25) is 0 Å². The highest BCUT2D eigenvalue weighted by atomic mass is 19.2. The summed E-state index contributed by atoms with van der Waals surface area (Å²) in [6.45, 7) is 2.92. The molecule has 23 heavy (non-hydrogen) atoms. The van der Waals surface area contributed by atoms with Gasteiger partial charge in [0.2, 0.25) is 0 Å². The van der Waals surface area contributed by atoms with E-state index in [1.165, 1.54) is 12.1 Å². The quantitative estimate of drug-likeness (QED) is 0.765. The number of hydrogen-bond acceptors (Lipinski definition) is 4. The van der Waals surface area contributed by atoms with Gasteiger partial charge in [-0.1, -0.05) is 19.8 Å². The van der Waals surface area contributed by atoms with E-state index < -0.39 is 17.5 Å². The molecule has 1 heterocycles. The molecule has 1 aromatic heterocycles. The maximum atomic E-state index is 13.1. The first kappa shape index (κ1) is 16.8. The van der Waals surface area contributed by atoms with Crippen molar-refractivity contribution in [3.05, 3.63) is 47.7 Å². The van der Waals surface area contributed by atoms with Crippen molar-refractivity contribution >= 4 is 17.4 Å². The maximum Gasteiger partial charge on any atom is 0.276 e. The third kappa shape index (κ3) is 4.98. The number of carbonyl (C=O) groups excluding carboxylic acids is 1. The average molecular weight is 320 g/mol. The molecular formula is C16H18F2N4O. The second-order valence-electron chi connectivity index (χ2n) is 5.02. The van der Waals surface area contributed by atoms with Crippen LogP contribution in [0.15, 0.2) is 30.3 Å². The van der Waals surface area contributed by atoms with Crippen LogP contribution in [0.5, 0.6) is 0 Å². The van der Waals surface area contributed by atoms with E-state index in [1.54, 1.807) is 6.07 Å². The zero-order chi connectivity index (χ0) is 16.7. The molecule has 7 heteroatoms. The van der Waals surface area contributed by atoms with Crippen LogP contribution >= 0.6 is 0 Å². The molecule has 1 amide bonds. The highest BCUT2D eigenvalue weighted by Crippen LogP contribution is 2.14. The van der Waals surface area contributed by atoms with Gasteiger partial charge in [0.1, 0.15) is 5.82 Å². The van der Waals surface area contributed by atoms with Crippen molar-refractivity contribution in [2.75, 3.05) is 17.2 Å². The molecule has 0 spiro atoms. The van der Waals surface area contributed by atoms with Gasteiger partial charge in [-0.3, -0.25) is 4.79 Å². The first-order chi connectivity index (χ1) is 11.1. The molecule has 5 nitrogen and oxygen atoms in total. The minimum absolute atomic E-state index is 0.0915. The Balaban J connectivity index is 1.93. The SMILES string of the molecule is CCCCCNc1ccc(C(=O)Nc2ccc(F)c(F)c2)nn1. The van der Waals surface area contributed by atoms with Gasteiger partial charge in [0.25, 0.3) is 5.91 Å². The molecule has 0 aliphatic rings. The lowest BCUT2D eigenvalue weighted by Crippen LogP contribution is -2.15. The van der Waals surface area contributed by atoms with Crippen LogP contribution in [-0.4, -0.2) is 22.6 Å². The lowest BCUT2D eigenvalue weighted by Gasteiger charge is -2.06. The van der Waals surface area contributed by atoms with Crippen LogP contribution < -0.4 is 10.6 Å². The number of nitrogens with one attached hydrogen (secondary N) is 2. The summed E-state index contributed by atoms with van der Waals surface area (Å²) in [5, 5.41) is 13.3. The predicted octanol–water partition coefficient (Wildman–Crippen LogP) is 3.61. The Morgan fingerprint density at radius 2 is 1.91 bits per heavy atom. The number of unbranched alkanes of at least 4 members (excludes halogenated alkanes) is 2. The Bertz CT molecular complexity index is 662. The van der Waals surface area contributed by atoms with E-state index in [0.29, 0.717) is 5.82 Å². The standard InChI is InChI=1S/C16H18F2N4O/c1-2-3-4-9-19-15-8-7-14(21-22-15)16(23)20-11-5-6-12(17)13(18)10-11/h5-8,10H,2-4,9H2,1H3,(H,19,22)(H,20,23). The molecule has 122 valence electrons. The molecule has 0 radical (unpaired) electrons. The number of carbonyl (C=O) groups is 1. The van der Waals surface area contributed by atoms with Gasteiger partial charge in [-0.2, -0.15) is 0 Å². The highest BCUT2D eigenvalue weighted by molar-refractivity contribution is 6.02. The van der Waals surface area contributed by atoms with Gasteiger partial charge in [-0.25, -0.2) is 8.78 Å². The number of halogens is 2. The number of nitrogens with zero attached hydrogens (tertiary/aromatic N) is 2. The second kappa shape index (κ2) is 8.17. The Morgan fingerprint density at radius 3 is 2.57 bits per heavy atom. The van der Waals surface area contributed by atoms with Crippen molar-refractivity contribution in [3.8, 4) is 0 Å². The molecule has 0 aliphatic heterocycles. The number of benzene rings is 1. The molecule has 1 aromatic carbocycles. The van der Waals surface area contributed by atoms with Gasteiger partial charge in [0.05, 0.1) is 0 Å². The summed E-state index contributed by atoms with van der Waals surface area (Å²) in [4.78, 5) is 12.0. The molecule has 2 aromatic rings. The van der Waals surface area contributed by atoms with E-state index in [-0.39, 0.29) is 11.4 Å². The number of aromatic nitrogens is 2. The van der Waals surface area contributed by atoms with Crippen LogP contribution in [0.4, 0.5) is 20.3 Å². The number of amides is 1. The summed E-state index contributed by atoms with van der Waals surface area (Å²) in [5.74, 6) is -1.95. The first-order valence-corrected chi connectivity index (χ1v) is 7.44. The topological polar surface area (TPSA) is 66.9 Å². The van der Waals surface area contributed by atoms with Crippen molar-refractivity contribution in [2.24, 2.45) is 0 Å². The molecular weight excluding hydrogens is 302 g/mol. The highest BCUT2D eigenvalue weighted by Gasteiger charge is 2.10. The monoisotopic (exact) mass is 320 g/mol. The average Bonchev–Trinajstić information content (AvgIpc) is 2.55. The van der Waals surface area contributed by atoms with Gasteiger partial charge in [0.15, 0.2) is 17.3 Å². The lowest BCUT2D eigenvalue weighted by molar-refractivity contribution is 0.102. The van der Waals surface area contributed by atoms with Crippen LogP contribution in [0.3, 0.4) is 0 Å². The zero-order valence-corrected chi connectivity index (χ0v) is 12.8. The molecule has 2 N–H and O–H groups in total. The number of hydrogen-bond donors (Lipinski definition) is 2. The van der Waals surface area contributed by atoms with Gasteiger partial charge in [-0.05, 0) is 30.7 Å². The second-order valence-corrected chi connectivity index (χ2v) is 5.02. The minimum atomic E-state index is -1.03. The summed E-state index contributed by atoms with van der Waals surface area (Å²) >= 11 is 0. The number of anilines is 2. The smallest absolute Gasteiger partial charge is 0.276 e. The molecule has 0 aliphatic carbocycles. The molecule has 0 bridgehead atoms. The number of rotatable bonds is 7. The van der Waals surface area contributed by atoms with E-state index >= 15 is 0 Å². The Hall–Kier alpha value is -2.57. The molecule has 0 unspecified atom stereocenters. The van der Waals surface area contributed by atoms with Crippen LogP contribution in [0.25, 0.3) is 0 Å². The minimum Gasteiger partial charge on any atom is -0.369 e. The normalized spacial score (nSPS) is 10.4. The van der Waals surface area contributed by atoms with E-state index in [2.05, 4.69) is 27.8 Å². The third-order valence-electron chi connectivity index (χ3n) is 3.16. The van der Waals surface area contributed by atoms with Crippen LogP contribution in [0, 0.1) is 11.6 Å². The summed E-state index contributed by atoms with van der Waals surface area (Å²) in [7, 11) is 0. The zero-order valence-electron chi connectivity index (χ0n) is 12.8. The Morgan fingerprint density at radius 1 is 1.09 bits per heavy atom. The largest absolute Gasteiger partial charge is 0.369 e. The van der Waals surface area contributed by atoms with Gasteiger partial charge in [-0.15, -0.1) is 10.2 Å². The van der Waals surface area contributed by atoms with Crippen molar-refractivity contribution in [2.45, 2.75) is 26.2 Å². The van der Waals surface area contributed by atoms with Crippen molar-refractivity contribution < 1.29 is 13.6 Å². The summed E-state index contributed by atoms with van der Waals surface area (Å²) in [6.07, 6.45) is 3.31. The summed E-state index contributed by atoms with van der Waals surface area (Å²) < 4.78 is 25.9. The van der Waals surface area contributed by atoms with Gasteiger partial charge >= 0.3 is 0 Å². The van der Waals surface area contributed by atoms with Crippen LogP contribution in [0.1, 0.15) is 36.7 Å². The Kier molecular flexibility index (Phi) is 5.96. The fraction of sp³-hybridized carbons (Fsp3) is 0.312. The molecule has 0 atom stereocenters. The van der Waals surface area contributed by atoms with E-state index in [1.807, 2.05) is 0 Å². The summed E-state index contributed by atoms with van der Waals surface area (Å²) in [6, 6.07) is 6.29. The third-order valence-corrected chi connectivity index (χ3v) is 3.16. The van der Waals surface area contributed by atoms with Gasteiger partial charge < -0.3 is 10.6 Å². The lowest BCUT2D eigenvalue weighted by atomic mass is 10.2. The van der Waals surface area contributed by atoms with Crippen LogP contribution in [-0.2, 0) is 0 Å². The van der Waals surface area contributed by atoms with E-state index in [9.17, 15) is 13.6 Å². The van der Waals surface area contributed by atoms with E-state index in [0.717, 1.165) is 37.9 Å². The molecule has 0 saturated carbocycles. The molecule has 0 fully saturated rings.